The molecule has 0 aliphatic carbocycles. The third-order valence-electron chi connectivity index (χ3n) is 5.38. The highest BCUT2D eigenvalue weighted by atomic mass is 35.5. The van der Waals surface area contributed by atoms with Crippen molar-refractivity contribution < 1.29 is 19.1 Å². The molecule has 0 bridgehead atoms. The maximum Gasteiger partial charge on any atom is 0.270 e. The number of amides is 2. The van der Waals surface area contributed by atoms with Crippen molar-refractivity contribution in [2.24, 2.45) is 0 Å². The molecular formula is C24H22ClN3O4. The molecule has 8 heteroatoms. The molecule has 1 aliphatic rings. The second-order valence-corrected chi connectivity index (χ2v) is 7.70. The van der Waals surface area contributed by atoms with Crippen LogP contribution in [-0.4, -0.2) is 37.6 Å². The van der Waals surface area contributed by atoms with Crippen LogP contribution in [0.2, 0.25) is 5.02 Å². The number of carbonyl (C=O) groups is 2. The van der Waals surface area contributed by atoms with Crippen LogP contribution in [0.5, 0.6) is 11.5 Å². The minimum absolute atomic E-state index is 0.191. The monoisotopic (exact) mass is 451 g/mol. The quantitative estimate of drug-likeness (QED) is 0.626. The average Bonchev–Trinajstić information content (AvgIpc) is 2.83. The Hall–Kier alpha value is -3.58. The number of anilines is 1. The van der Waals surface area contributed by atoms with E-state index in [0.29, 0.717) is 46.4 Å². The van der Waals surface area contributed by atoms with E-state index in [1.165, 1.54) is 7.11 Å². The molecule has 1 aromatic heterocycles. The Morgan fingerprint density at radius 3 is 2.59 bits per heavy atom. The Labute approximate surface area is 190 Å². The lowest BCUT2D eigenvalue weighted by Crippen LogP contribution is -2.41. The topological polar surface area (TPSA) is 80.8 Å². The zero-order valence-electron chi connectivity index (χ0n) is 17.7. The Morgan fingerprint density at radius 2 is 1.88 bits per heavy atom. The molecular weight excluding hydrogens is 430 g/mol. The largest absolute Gasteiger partial charge is 0.493 e. The van der Waals surface area contributed by atoms with Crippen molar-refractivity contribution in [2.75, 3.05) is 25.7 Å². The average molecular weight is 452 g/mol. The van der Waals surface area contributed by atoms with Crippen molar-refractivity contribution in [1.82, 2.24) is 10.3 Å². The van der Waals surface area contributed by atoms with Gasteiger partial charge in [-0.25, -0.2) is 0 Å². The second kappa shape index (κ2) is 9.28. The van der Waals surface area contributed by atoms with E-state index in [9.17, 15) is 9.59 Å². The van der Waals surface area contributed by atoms with E-state index in [1.807, 2.05) is 6.07 Å². The SMILES string of the molecule is COc1ccc(C(=O)N2CCC(NC(=O)c3ccccn3)c3ccc(Cl)cc32)cc1OC. The summed E-state index contributed by atoms with van der Waals surface area (Å²) in [5.74, 6) is 0.561. The van der Waals surface area contributed by atoms with Crippen molar-refractivity contribution in [3.63, 3.8) is 0 Å². The van der Waals surface area contributed by atoms with Gasteiger partial charge in [-0.2, -0.15) is 0 Å². The summed E-state index contributed by atoms with van der Waals surface area (Å²) >= 11 is 6.26. The van der Waals surface area contributed by atoms with Crippen LogP contribution in [-0.2, 0) is 0 Å². The Morgan fingerprint density at radius 1 is 1.06 bits per heavy atom. The number of benzene rings is 2. The maximum absolute atomic E-state index is 13.4. The van der Waals surface area contributed by atoms with Crippen LogP contribution < -0.4 is 19.7 Å². The van der Waals surface area contributed by atoms with E-state index in [1.54, 1.807) is 66.7 Å². The van der Waals surface area contributed by atoms with Crippen molar-refractivity contribution >= 4 is 29.1 Å². The van der Waals surface area contributed by atoms with Gasteiger partial charge in [0.25, 0.3) is 11.8 Å². The Bertz CT molecular complexity index is 1150. The van der Waals surface area contributed by atoms with E-state index in [-0.39, 0.29) is 17.9 Å². The third kappa shape index (κ3) is 4.24. The molecule has 7 nitrogen and oxygen atoms in total. The lowest BCUT2D eigenvalue weighted by Gasteiger charge is -2.35. The van der Waals surface area contributed by atoms with Crippen LogP contribution in [0.25, 0.3) is 0 Å². The number of hydrogen-bond donors (Lipinski definition) is 1. The highest BCUT2D eigenvalue weighted by Crippen LogP contribution is 2.37. The van der Waals surface area contributed by atoms with Crippen LogP contribution in [0, 0.1) is 0 Å². The summed E-state index contributed by atoms with van der Waals surface area (Å²) in [6.45, 7) is 0.410. The minimum atomic E-state index is -0.272. The number of nitrogens with one attached hydrogen (secondary N) is 1. The number of nitrogens with zero attached hydrogens (tertiary/aromatic N) is 2. The predicted octanol–water partition coefficient (Wildman–Crippen LogP) is 4.27. The van der Waals surface area contributed by atoms with Gasteiger partial charge in [0.2, 0.25) is 0 Å². The molecule has 2 heterocycles. The summed E-state index contributed by atoms with van der Waals surface area (Å²) < 4.78 is 10.6. The first-order chi connectivity index (χ1) is 15.5. The number of halogens is 1. The first-order valence-electron chi connectivity index (χ1n) is 10.1. The van der Waals surface area contributed by atoms with Gasteiger partial charge in [-0.05, 0) is 54.4 Å². The molecule has 32 heavy (non-hydrogen) atoms. The fourth-order valence-electron chi connectivity index (χ4n) is 3.79. The fraction of sp³-hybridized carbons (Fsp3) is 0.208. The van der Waals surface area contributed by atoms with E-state index in [4.69, 9.17) is 21.1 Å². The fourth-order valence-corrected chi connectivity index (χ4v) is 3.96. The summed E-state index contributed by atoms with van der Waals surface area (Å²) in [6.07, 6.45) is 2.12. The van der Waals surface area contributed by atoms with Crippen molar-refractivity contribution in [3.05, 3.63) is 82.6 Å². The molecule has 1 aliphatic heterocycles. The molecule has 164 valence electrons. The molecule has 0 saturated heterocycles. The van der Waals surface area contributed by atoms with Gasteiger partial charge in [-0.1, -0.05) is 23.7 Å². The summed E-state index contributed by atoms with van der Waals surface area (Å²) in [6, 6.07) is 15.3. The standard InChI is InChI=1S/C24H22ClN3O4/c1-31-21-9-6-15(13-22(21)32-2)24(30)28-12-10-18(17-8-7-16(25)14-20(17)28)27-23(29)19-5-3-4-11-26-19/h3-9,11,13-14,18H,10,12H2,1-2H3,(H,27,29). The van der Waals surface area contributed by atoms with Gasteiger partial charge in [0.15, 0.2) is 11.5 Å². The molecule has 0 spiro atoms. The summed E-state index contributed by atoms with van der Waals surface area (Å²) in [5, 5.41) is 3.53. The number of methoxy groups -OCH3 is 2. The van der Waals surface area contributed by atoms with E-state index < -0.39 is 0 Å². The Kier molecular flexibility index (Phi) is 6.28. The van der Waals surface area contributed by atoms with Crippen LogP contribution in [0.1, 0.15) is 38.9 Å². The zero-order chi connectivity index (χ0) is 22.7. The van der Waals surface area contributed by atoms with Gasteiger partial charge in [0.05, 0.1) is 25.9 Å². The van der Waals surface area contributed by atoms with Gasteiger partial charge >= 0.3 is 0 Å². The van der Waals surface area contributed by atoms with Crippen molar-refractivity contribution in [1.29, 1.82) is 0 Å². The first kappa shape index (κ1) is 21.6. The van der Waals surface area contributed by atoms with Crippen molar-refractivity contribution in [2.45, 2.75) is 12.5 Å². The molecule has 3 aromatic rings. The molecule has 1 N–H and O–H groups in total. The van der Waals surface area contributed by atoms with E-state index in [0.717, 1.165) is 5.56 Å². The van der Waals surface area contributed by atoms with Gasteiger partial charge < -0.3 is 19.7 Å². The van der Waals surface area contributed by atoms with Gasteiger partial charge in [-0.15, -0.1) is 0 Å². The van der Waals surface area contributed by atoms with Gasteiger partial charge in [0.1, 0.15) is 5.69 Å². The number of carbonyl (C=O) groups excluding carboxylic acids is 2. The lowest BCUT2D eigenvalue weighted by molar-refractivity contribution is 0.0928. The number of ether oxygens (including phenoxy) is 2. The second-order valence-electron chi connectivity index (χ2n) is 7.26. The smallest absolute Gasteiger partial charge is 0.270 e. The van der Waals surface area contributed by atoms with E-state index >= 15 is 0 Å². The molecule has 0 saturated carbocycles. The van der Waals surface area contributed by atoms with Crippen LogP contribution in [0.4, 0.5) is 5.69 Å². The zero-order valence-corrected chi connectivity index (χ0v) is 18.4. The number of rotatable bonds is 5. The normalized spacial score (nSPS) is 15.0. The third-order valence-corrected chi connectivity index (χ3v) is 5.61. The summed E-state index contributed by atoms with van der Waals surface area (Å²) in [7, 11) is 3.07. The highest BCUT2D eigenvalue weighted by molar-refractivity contribution is 6.31. The van der Waals surface area contributed by atoms with Crippen LogP contribution >= 0.6 is 11.6 Å². The number of fused-ring (bicyclic) bond motifs is 1. The van der Waals surface area contributed by atoms with Gasteiger partial charge in [0, 0.05) is 23.3 Å². The number of pyridine rings is 1. The van der Waals surface area contributed by atoms with Crippen LogP contribution in [0.15, 0.2) is 60.8 Å². The Balaban J connectivity index is 1.64. The molecule has 1 unspecified atom stereocenters. The molecule has 2 aromatic carbocycles. The summed E-state index contributed by atoms with van der Waals surface area (Å²) in [5.41, 5.74) is 2.28. The lowest BCUT2D eigenvalue weighted by atomic mass is 9.95. The first-order valence-corrected chi connectivity index (χ1v) is 10.4. The number of aromatic nitrogens is 1. The molecule has 2 amide bonds. The molecule has 0 radical (unpaired) electrons. The van der Waals surface area contributed by atoms with Crippen LogP contribution in [0.3, 0.4) is 0 Å². The predicted molar refractivity (Wildman–Crippen MR) is 122 cm³/mol. The molecule has 4 rings (SSSR count). The minimum Gasteiger partial charge on any atom is -0.493 e. The highest BCUT2D eigenvalue weighted by Gasteiger charge is 2.31. The van der Waals surface area contributed by atoms with Crippen molar-refractivity contribution in [3.8, 4) is 11.5 Å². The maximum atomic E-state index is 13.4. The molecule has 1 atom stereocenters. The number of hydrogen-bond acceptors (Lipinski definition) is 5. The van der Waals surface area contributed by atoms with Gasteiger partial charge in [-0.3, -0.25) is 14.6 Å². The van der Waals surface area contributed by atoms with E-state index in [2.05, 4.69) is 10.3 Å². The summed E-state index contributed by atoms with van der Waals surface area (Å²) in [4.78, 5) is 31.8. The molecule has 0 fully saturated rings.